The number of carbonyl (C=O) groups excluding carboxylic acids is 1. The van der Waals surface area contributed by atoms with Gasteiger partial charge in [-0.3, -0.25) is 4.79 Å². The van der Waals surface area contributed by atoms with Crippen molar-refractivity contribution >= 4 is 34.0 Å². The van der Waals surface area contributed by atoms with Crippen LogP contribution in [0.3, 0.4) is 0 Å². The van der Waals surface area contributed by atoms with Crippen molar-refractivity contribution in [1.82, 2.24) is 4.31 Å². The zero-order chi connectivity index (χ0) is 19.7. The number of hydrogen-bond acceptors (Lipinski definition) is 4. The molecule has 1 amide bonds. The van der Waals surface area contributed by atoms with E-state index in [1.54, 1.807) is 12.1 Å². The zero-order valence-corrected chi connectivity index (χ0v) is 18.5. The van der Waals surface area contributed by atoms with Gasteiger partial charge in [-0.05, 0) is 56.5 Å². The second-order valence-electron chi connectivity index (χ2n) is 6.50. The SMILES string of the molecule is CCN(CC)S(=O)(=O)c1cc(C)c(C)c(NC(=O)CCCCCCN)c1.Cl. The number of unbranched alkanes of at least 4 members (excludes halogenated alkanes) is 3. The Hall–Kier alpha value is -1.15. The lowest BCUT2D eigenvalue weighted by Gasteiger charge is -2.20. The number of amides is 1. The lowest BCUT2D eigenvalue weighted by molar-refractivity contribution is -0.116. The van der Waals surface area contributed by atoms with Gasteiger partial charge in [0, 0.05) is 25.2 Å². The van der Waals surface area contributed by atoms with Gasteiger partial charge in [0.25, 0.3) is 0 Å². The van der Waals surface area contributed by atoms with Crippen molar-refractivity contribution in [2.75, 3.05) is 25.0 Å². The number of nitrogens with two attached hydrogens (primary N) is 1. The standard InChI is InChI=1S/C19H33N3O3S.ClH/c1-5-22(6-2)26(24,25)17-13-15(3)16(4)18(14-17)21-19(23)11-9-7-8-10-12-20;/h13-14H,5-12,20H2,1-4H3,(H,21,23);1H. The van der Waals surface area contributed by atoms with Crippen LogP contribution in [-0.4, -0.2) is 38.3 Å². The number of benzene rings is 1. The highest BCUT2D eigenvalue weighted by molar-refractivity contribution is 7.89. The van der Waals surface area contributed by atoms with Crippen molar-refractivity contribution in [3.63, 3.8) is 0 Å². The minimum absolute atomic E-state index is 0. The van der Waals surface area contributed by atoms with E-state index in [0.717, 1.165) is 36.8 Å². The normalized spacial score (nSPS) is 11.3. The fourth-order valence-electron chi connectivity index (χ4n) is 2.81. The fourth-order valence-corrected chi connectivity index (χ4v) is 4.38. The molecule has 8 heteroatoms. The van der Waals surface area contributed by atoms with Crippen LogP contribution in [0, 0.1) is 13.8 Å². The molecule has 0 aliphatic heterocycles. The Morgan fingerprint density at radius 3 is 2.22 bits per heavy atom. The summed E-state index contributed by atoms with van der Waals surface area (Å²) < 4.78 is 27.0. The first-order chi connectivity index (χ1) is 12.3. The van der Waals surface area contributed by atoms with Crippen LogP contribution in [-0.2, 0) is 14.8 Å². The Labute approximate surface area is 170 Å². The Morgan fingerprint density at radius 2 is 1.67 bits per heavy atom. The van der Waals surface area contributed by atoms with Crippen molar-refractivity contribution in [1.29, 1.82) is 0 Å². The van der Waals surface area contributed by atoms with Gasteiger partial charge in [-0.2, -0.15) is 4.31 Å². The van der Waals surface area contributed by atoms with Gasteiger partial charge < -0.3 is 11.1 Å². The number of aryl methyl sites for hydroxylation is 1. The molecule has 6 nitrogen and oxygen atoms in total. The Balaban J connectivity index is 0.00000676. The Morgan fingerprint density at radius 1 is 1.07 bits per heavy atom. The van der Waals surface area contributed by atoms with Gasteiger partial charge in [0.15, 0.2) is 0 Å². The van der Waals surface area contributed by atoms with Gasteiger partial charge in [-0.25, -0.2) is 8.42 Å². The summed E-state index contributed by atoms with van der Waals surface area (Å²) in [5, 5.41) is 2.88. The third-order valence-corrected chi connectivity index (χ3v) is 6.64. The van der Waals surface area contributed by atoms with Crippen molar-refractivity contribution in [2.24, 2.45) is 5.73 Å². The first kappa shape index (κ1) is 25.9. The van der Waals surface area contributed by atoms with Gasteiger partial charge in [0.1, 0.15) is 0 Å². The van der Waals surface area contributed by atoms with Crippen LogP contribution in [0.5, 0.6) is 0 Å². The number of carbonyl (C=O) groups is 1. The van der Waals surface area contributed by atoms with Crippen LogP contribution in [0.1, 0.15) is 57.1 Å². The van der Waals surface area contributed by atoms with Crippen LogP contribution in [0.2, 0.25) is 0 Å². The molecular weight excluding hydrogens is 386 g/mol. The molecule has 0 aliphatic carbocycles. The second-order valence-corrected chi connectivity index (χ2v) is 8.44. The summed E-state index contributed by atoms with van der Waals surface area (Å²) in [4.78, 5) is 12.4. The quantitative estimate of drug-likeness (QED) is 0.536. The molecule has 0 unspecified atom stereocenters. The molecule has 0 aliphatic rings. The lowest BCUT2D eigenvalue weighted by atomic mass is 10.1. The summed E-state index contributed by atoms with van der Waals surface area (Å²) in [6.45, 7) is 8.88. The first-order valence-electron chi connectivity index (χ1n) is 9.39. The van der Waals surface area contributed by atoms with Gasteiger partial charge in [0.2, 0.25) is 15.9 Å². The summed E-state index contributed by atoms with van der Waals surface area (Å²) in [6.07, 6.45) is 4.21. The van der Waals surface area contributed by atoms with Crippen LogP contribution in [0.4, 0.5) is 5.69 Å². The van der Waals surface area contributed by atoms with E-state index in [0.29, 0.717) is 31.7 Å². The number of halogens is 1. The van der Waals surface area contributed by atoms with Crippen molar-refractivity contribution in [3.8, 4) is 0 Å². The van der Waals surface area contributed by atoms with Gasteiger partial charge in [-0.15, -0.1) is 12.4 Å². The van der Waals surface area contributed by atoms with E-state index in [9.17, 15) is 13.2 Å². The molecule has 156 valence electrons. The molecule has 0 saturated carbocycles. The highest BCUT2D eigenvalue weighted by Crippen LogP contribution is 2.26. The van der Waals surface area contributed by atoms with Crippen LogP contribution >= 0.6 is 12.4 Å². The summed E-state index contributed by atoms with van der Waals surface area (Å²) in [6, 6.07) is 3.24. The minimum atomic E-state index is -3.56. The Bertz CT molecular complexity index is 704. The topological polar surface area (TPSA) is 92.5 Å². The molecule has 1 rings (SSSR count). The number of nitrogens with zero attached hydrogens (tertiary/aromatic N) is 1. The highest BCUT2D eigenvalue weighted by atomic mass is 35.5. The van der Waals surface area contributed by atoms with Crippen molar-refractivity contribution < 1.29 is 13.2 Å². The molecule has 0 atom stereocenters. The number of anilines is 1. The third-order valence-electron chi connectivity index (χ3n) is 4.62. The number of nitrogens with one attached hydrogen (secondary N) is 1. The van der Waals surface area contributed by atoms with E-state index < -0.39 is 10.0 Å². The average molecular weight is 420 g/mol. The van der Waals surface area contributed by atoms with E-state index in [1.165, 1.54) is 4.31 Å². The van der Waals surface area contributed by atoms with Crippen LogP contribution in [0.25, 0.3) is 0 Å². The zero-order valence-electron chi connectivity index (χ0n) is 16.9. The molecule has 0 bridgehead atoms. The molecule has 0 radical (unpaired) electrons. The molecular formula is C19H34ClN3O3S. The van der Waals surface area contributed by atoms with Crippen molar-refractivity contribution in [3.05, 3.63) is 23.3 Å². The van der Waals surface area contributed by atoms with E-state index in [2.05, 4.69) is 5.32 Å². The van der Waals surface area contributed by atoms with E-state index >= 15 is 0 Å². The molecule has 0 spiro atoms. The first-order valence-corrected chi connectivity index (χ1v) is 10.8. The summed E-state index contributed by atoms with van der Waals surface area (Å²) >= 11 is 0. The maximum Gasteiger partial charge on any atom is 0.243 e. The molecule has 0 saturated heterocycles. The van der Waals surface area contributed by atoms with Crippen LogP contribution in [0.15, 0.2) is 17.0 Å². The maximum atomic E-state index is 12.8. The predicted molar refractivity (Wildman–Crippen MR) is 114 cm³/mol. The molecule has 1 aromatic rings. The molecule has 27 heavy (non-hydrogen) atoms. The van der Waals surface area contributed by atoms with Gasteiger partial charge >= 0.3 is 0 Å². The third kappa shape index (κ3) is 7.41. The average Bonchev–Trinajstić information content (AvgIpc) is 2.59. The molecule has 0 aromatic heterocycles. The molecule has 1 aromatic carbocycles. The number of hydrogen-bond donors (Lipinski definition) is 2. The smallest absolute Gasteiger partial charge is 0.243 e. The number of rotatable bonds is 11. The maximum absolute atomic E-state index is 12.8. The molecule has 3 N–H and O–H groups in total. The monoisotopic (exact) mass is 419 g/mol. The van der Waals surface area contributed by atoms with Gasteiger partial charge in [-0.1, -0.05) is 26.7 Å². The summed E-state index contributed by atoms with van der Waals surface area (Å²) in [5.74, 6) is -0.0855. The molecule has 0 fully saturated rings. The highest BCUT2D eigenvalue weighted by Gasteiger charge is 2.23. The predicted octanol–water partition coefficient (Wildman–Crippen LogP) is 3.60. The van der Waals surface area contributed by atoms with E-state index in [1.807, 2.05) is 27.7 Å². The van der Waals surface area contributed by atoms with E-state index in [-0.39, 0.29) is 23.2 Å². The summed E-state index contributed by atoms with van der Waals surface area (Å²) in [7, 11) is -3.56. The minimum Gasteiger partial charge on any atom is -0.330 e. The fraction of sp³-hybridized carbons (Fsp3) is 0.632. The van der Waals surface area contributed by atoms with E-state index in [4.69, 9.17) is 5.73 Å². The Kier molecular flexibility index (Phi) is 11.8. The second kappa shape index (κ2) is 12.3. The number of sulfonamides is 1. The largest absolute Gasteiger partial charge is 0.330 e. The van der Waals surface area contributed by atoms with Crippen LogP contribution < -0.4 is 11.1 Å². The van der Waals surface area contributed by atoms with Crippen molar-refractivity contribution in [2.45, 2.75) is 64.7 Å². The van der Waals surface area contributed by atoms with Gasteiger partial charge in [0.05, 0.1) is 4.90 Å². The molecule has 0 heterocycles. The summed E-state index contributed by atoms with van der Waals surface area (Å²) in [5.41, 5.74) is 7.77. The lowest BCUT2D eigenvalue weighted by Crippen LogP contribution is -2.30.